The molecule has 0 fully saturated rings. The molecule has 11 heavy (non-hydrogen) atoms. The molecule has 2 nitrogen and oxygen atoms in total. The minimum Gasteiger partial charge on any atom is -0.363 e. The molecule has 0 N–H and O–H groups in total. The second-order valence-electron chi connectivity index (χ2n) is 2.69. The van der Waals surface area contributed by atoms with Crippen molar-refractivity contribution >= 4 is 22.6 Å². The van der Waals surface area contributed by atoms with Crippen molar-refractivity contribution < 1.29 is 4.52 Å². The summed E-state index contributed by atoms with van der Waals surface area (Å²) >= 11 is 2.29. The van der Waals surface area contributed by atoms with E-state index in [4.69, 9.17) is 10.9 Å². The molecule has 0 aliphatic heterocycles. The first-order chi connectivity index (χ1) is 5.05. The Labute approximate surface area is 79.5 Å². The largest absolute Gasteiger partial charge is 0.363 e. The van der Waals surface area contributed by atoms with Crippen LogP contribution < -0.4 is 0 Å². The third-order valence-electron chi connectivity index (χ3n) is 1.35. The predicted octanol–water partition coefficient (Wildman–Crippen LogP) is 2.33. The van der Waals surface area contributed by atoms with Crippen molar-refractivity contribution in [3.05, 3.63) is 17.5 Å². The van der Waals surface area contributed by atoms with Gasteiger partial charge in [-0.25, -0.2) is 0 Å². The molecule has 1 aromatic heterocycles. The molecule has 3 heteroatoms. The zero-order valence-electron chi connectivity index (χ0n) is 6.39. The summed E-state index contributed by atoms with van der Waals surface area (Å²) in [4.78, 5) is 0. The molecule has 0 radical (unpaired) electrons. The van der Waals surface area contributed by atoms with Gasteiger partial charge in [0.2, 0.25) is 0 Å². The average Bonchev–Trinajstić information content (AvgIpc) is 2.31. The van der Waals surface area contributed by atoms with Crippen LogP contribution in [0.4, 0.5) is 0 Å². The van der Waals surface area contributed by atoms with E-state index in [0.29, 0.717) is 5.69 Å². The Morgan fingerprint density at radius 2 is 2.36 bits per heavy atom. The molecule has 0 aliphatic rings. The van der Waals surface area contributed by atoms with Crippen LogP contribution in [0.1, 0.15) is 25.1 Å². The van der Waals surface area contributed by atoms with Gasteiger partial charge in [0.05, 0.1) is 0 Å². The van der Waals surface area contributed by atoms with E-state index in [1.165, 1.54) is 0 Å². The molecule has 0 aliphatic carbocycles. The molecular weight excluding hydrogens is 253 g/mol. The molecule has 1 rings (SSSR count). The van der Waals surface area contributed by atoms with Crippen molar-refractivity contribution in [1.82, 2.24) is 5.16 Å². The Bertz CT molecular complexity index is 290. The standard InChI is InChI=1S/C8H8INO/c1-4-7-6(5-11-10-7)8(2,3)9/h1,5H,2-3H3. The van der Waals surface area contributed by atoms with Crippen LogP contribution in [0, 0.1) is 12.3 Å². The number of nitrogens with zero attached hydrogens (tertiary/aromatic N) is 1. The molecule has 58 valence electrons. The van der Waals surface area contributed by atoms with Crippen LogP contribution in [0.25, 0.3) is 0 Å². The highest BCUT2D eigenvalue weighted by Gasteiger charge is 2.22. The smallest absolute Gasteiger partial charge is 0.160 e. The van der Waals surface area contributed by atoms with Gasteiger partial charge in [0.25, 0.3) is 0 Å². The Hall–Kier alpha value is -0.500. The van der Waals surface area contributed by atoms with Gasteiger partial charge in [0.15, 0.2) is 5.69 Å². The maximum Gasteiger partial charge on any atom is 0.160 e. The maximum atomic E-state index is 5.22. The summed E-state index contributed by atoms with van der Waals surface area (Å²) in [5.74, 6) is 2.47. The van der Waals surface area contributed by atoms with Gasteiger partial charge in [0, 0.05) is 8.99 Å². The molecule has 1 heterocycles. The van der Waals surface area contributed by atoms with Gasteiger partial charge >= 0.3 is 0 Å². The van der Waals surface area contributed by atoms with E-state index < -0.39 is 0 Å². The number of rotatable bonds is 1. The first kappa shape index (κ1) is 8.60. The normalized spacial score (nSPS) is 11.1. The Kier molecular flexibility index (Phi) is 2.23. The van der Waals surface area contributed by atoms with Crippen LogP contribution in [-0.2, 0) is 3.42 Å². The average molecular weight is 261 g/mol. The van der Waals surface area contributed by atoms with Gasteiger partial charge in [-0.05, 0) is 19.8 Å². The lowest BCUT2D eigenvalue weighted by Crippen LogP contribution is -2.06. The summed E-state index contributed by atoms with van der Waals surface area (Å²) < 4.78 is 4.75. The first-order valence-corrected chi connectivity index (χ1v) is 4.24. The predicted molar refractivity (Wildman–Crippen MR) is 51.5 cm³/mol. The number of hydrogen-bond donors (Lipinski definition) is 0. The van der Waals surface area contributed by atoms with Crippen molar-refractivity contribution in [3.8, 4) is 12.3 Å². The van der Waals surface area contributed by atoms with Crippen LogP contribution >= 0.6 is 22.6 Å². The monoisotopic (exact) mass is 261 g/mol. The molecule has 0 aromatic carbocycles. The minimum atomic E-state index is -0.0144. The maximum absolute atomic E-state index is 5.22. The Morgan fingerprint density at radius 1 is 1.73 bits per heavy atom. The van der Waals surface area contributed by atoms with E-state index >= 15 is 0 Å². The molecule has 0 unspecified atom stereocenters. The van der Waals surface area contributed by atoms with Crippen LogP contribution in [0.3, 0.4) is 0 Å². The van der Waals surface area contributed by atoms with E-state index in [9.17, 15) is 0 Å². The number of terminal acetylenes is 1. The van der Waals surface area contributed by atoms with Crippen LogP contribution in [0.5, 0.6) is 0 Å². The summed E-state index contributed by atoms with van der Waals surface area (Å²) in [6, 6.07) is 0. The van der Waals surface area contributed by atoms with Gasteiger partial charge in [-0.1, -0.05) is 27.7 Å². The van der Waals surface area contributed by atoms with Crippen molar-refractivity contribution in [1.29, 1.82) is 0 Å². The highest BCUT2D eigenvalue weighted by atomic mass is 127. The zero-order valence-corrected chi connectivity index (χ0v) is 8.55. The van der Waals surface area contributed by atoms with Crippen molar-refractivity contribution in [2.75, 3.05) is 0 Å². The zero-order chi connectivity index (χ0) is 8.48. The second kappa shape index (κ2) is 2.86. The number of halogens is 1. The van der Waals surface area contributed by atoms with Crippen molar-refractivity contribution in [2.24, 2.45) is 0 Å². The first-order valence-electron chi connectivity index (χ1n) is 3.16. The third kappa shape index (κ3) is 1.74. The fourth-order valence-corrected chi connectivity index (χ4v) is 1.15. The molecular formula is C8H8INO. The van der Waals surface area contributed by atoms with Crippen LogP contribution in [0.2, 0.25) is 0 Å². The van der Waals surface area contributed by atoms with Gasteiger partial charge in [-0.3, -0.25) is 0 Å². The highest BCUT2D eigenvalue weighted by Crippen LogP contribution is 2.32. The summed E-state index contributed by atoms with van der Waals surface area (Å²) in [7, 11) is 0. The number of aromatic nitrogens is 1. The Balaban J connectivity index is 3.15. The van der Waals surface area contributed by atoms with Crippen molar-refractivity contribution in [2.45, 2.75) is 17.3 Å². The molecule has 0 spiro atoms. The quantitative estimate of drug-likeness (QED) is 0.440. The number of hydrogen-bond acceptors (Lipinski definition) is 2. The fraction of sp³-hybridized carbons (Fsp3) is 0.375. The molecule has 0 atom stereocenters. The molecule has 0 saturated carbocycles. The lowest BCUT2D eigenvalue weighted by Gasteiger charge is -2.12. The topological polar surface area (TPSA) is 26.0 Å². The summed E-state index contributed by atoms with van der Waals surface area (Å²) in [6.07, 6.45) is 6.81. The lowest BCUT2D eigenvalue weighted by atomic mass is 10.1. The van der Waals surface area contributed by atoms with E-state index in [2.05, 4.69) is 47.5 Å². The van der Waals surface area contributed by atoms with E-state index in [-0.39, 0.29) is 3.42 Å². The molecule has 0 bridgehead atoms. The SMILES string of the molecule is C#Cc1nocc1C(C)(C)I. The van der Waals surface area contributed by atoms with Crippen LogP contribution in [-0.4, -0.2) is 5.16 Å². The Morgan fingerprint density at radius 3 is 2.73 bits per heavy atom. The van der Waals surface area contributed by atoms with Gasteiger partial charge in [0.1, 0.15) is 6.26 Å². The minimum absolute atomic E-state index is 0.0144. The summed E-state index contributed by atoms with van der Waals surface area (Å²) in [5, 5.41) is 3.69. The second-order valence-corrected chi connectivity index (χ2v) is 5.39. The molecule has 0 amide bonds. The van der Waals surface area contributed by atoms with Crippen LogP contribution in [0.15, 0.2) is 10.8 Å². The third-order valence-corrected chi connectivity index (χ3v) is 1.93. The van der Waals surface area contributed by atoms with Gasteiger partial charge < -0.3 is 4.52 Å². The number of alkyl halides is 1. The van der Waals surface area contributed by atoms with Gasteiger partial charge in [-0.2, -0.15) is 0 Å². The molecule has 0 saturated heterocycles. The van der Waals surface area contributed by atoms with E-state index in [1.807, 2.05) is 0 Å². The van der Waals surface area contributed by atoms with E-state index in [0.717, 1.165) is 5.56 Å². The summed E-state index contributed by atoms with van der Waals surface area (Å²) in [6.45, 7) is 4.11. The van der Waals surface area contributed by atoms with Gasteiger partial charge in [-0.15, -0.1) is 6.42 Å². The van der Waals surface area contributed by atoms with E-state index in [1.54, 1.807) is 6.26 Å². The van der Waals surface area contributed by atoms with Crippen molar-refractivity contribution in [3.63, 3.8) is 0 Å². The summed E-state index contributed by atoms with van der Waals surface area (Å²) in [5.41, 5.74) is 1.57. The highest BCUT2D eigenvalue weighted by molar-refractivity contribution is 14.1. The lowest BCUT2D eigenvalue weighted by molar-refractivity contribution is 0.416. The molecule has 1 aromatic rings. The fourth-order valence-electron chi connectivity index (χ4n) is 0.763.